The molecule has 2 atom stereocenters. The van der Waals surface area contributed by atoms with E-state index >= 15 is 0 Å². The van der Waals surface area contributed by atoms with Crippen molar-refractivity contribution in [3.8, 4) is 0 Å². The molecule has 2 aliphatic rings. The summed E-state index contributed by atoms with van der Waals surface area (Å²) in [7, 11) is 0. The number of rotatable bonds is 4. The molecule has 0 unspecified atom stereocenters. The minimum atomic E-state index is -0.932. The Bertz CT molecular complexity index is 537. The van der Waals surface area contributed by atoms with Crippen molar-refractivity contribution in [3.05, 3.63) is 22.6 Å². The van der Waals surface area contributed by atoms with Crippen LogP contribution in [0.1, 0.15) is 34.6 Å². The largest absolute Gasteiger partial charge is 0.480 e. The second kappa shape index (κ2) is 5.72. The van der Waals surface area contributed by atoms with E-state index in [2.05, 4.69) is 0 Å². The first-order chi connectivity index (χ1) is 9.70. The number of aliphatic carboxylic acids is 1. The first-order valence-corrected chi connectivity index (χ1v) is 8.73. The van der Waals surface area contributed by atoms with Crippen molar-refractivity contribution in [2.75, 3.05) is 0 Å². The first kappa shape index (κ1) is 16.5. The SMILES string of the molecule is C/C=C/C1=C(SC(C)C)C(=O)N2[C@@H]1SC(C)(C)[C@@H]2C(=O)O. The van der Waals surface area contributed by atoms with E-state index in [1.807, 2.05) is 46.8 Å². The molecule has 0 aromatic rings. The summed E-state index contributed by atoms with van der Waals surface area (Å²) in [5.41, 5.74) is 0.947. The van der Waals surface area contributed by atoms with Gasteiger partial charge in [-0.2, -0.15) is 0 Å². The molecule has 0 saturated carbocycles. The average Bonchev–Trinajstić information content (AvgIpc) is 2.74. The zero-order valence-electron chi connectivity index (χ0n) is 12.9. The Morgan fingerprint density at radius 3 is 2.57 bits per heavy atom. The van der Waals surface area contributed by atoms with Gasteiger partial charge in [0.05, 0.1) is 4.91 Å². The van der Waals surface area contributed by atoms with E-state index in [1.54, 1.807) is 16.7 Å². The van der Waals surface area contributed by atoms with E-state index in [0.717, 1.165) is 5.57 Å². The molecule has 1 saturated heterocycles. The number of thioether (sulfide) groups is 2. The minimum Gasteiger partial charge on any atom is -0.480 e. The Morgan fingerprint density at radius 2 is 2.10 bits per heavy atom. The van der Waals surface area contributed by atoms with Gasteiger partial charge in [0.1, 0.15) is 11.4 Å². The zero-order chi connectivity index (χ0) is 15.9. The molecule has 0 bridgehead atoms. The fourth-order valence-corrected chi connectivity index (χ4v) is 5.42. The van der Waals surface area contributed by atoms with Gasteiger partial charge < -0.3 is 10.0 Å². The third kappa shape index (κ3) is 2.75. The number of carbonyl (C=O) groups is 2. The molecule has 0 spiro atoms. The van der Waals surface area contributed by atoms with Crippen LogP contribution in [0.5, 0.6) is 0 Å². The van der Waals surface area contributed by atoms with Gasteiger partial charge in [-0.1, -0.05) is 26.0 Å². The van der Waals surface area contributed by atoms with Crippen LogP contribution in [0.4, 0.5) is 0 Å². The number of carboxylic acids is 1. The van der Waals surface area contributed by atoms with Crippen LogP contribution in [0.2, 0.25) is 0 Å². The van der Waals surface area contributed by atoms with Gasteiger partial charge in [-0.25, -0.2) is 4.79 Å². The molecule has 0 aromatic heterocycles. The highest BCUT2D eigenvalue weighted by Gasteiger charge is 2.58. The summed E-state index contributed by atoms with van der Waals surface area (Å²) in [6, 6.07) is -0.787. The predicted octanol–water partition coefficient (Wildman–Crippen LogP) is 3.11. The summed E-state index contributed by atoms with van der Waals surface area (Å²) in [5.74, 6) is -1.07. The van der Waals surface area contributed by atoms with Gasteiger partial charge in [0, 0.05) is 15.6 Å². The maximum absolute atomic E-state index is 12.7. The average molecular weight is 327 g/mol. The van der Waals surface area contributed by atoms with Crippen LogP contribution in [-0.2, 0) is 9.59 Å². The summed E-state index contributed by atoms with van der Waals surface area (Å²) in [5, 5.41) is 9.64. The molecule has 2 rings (SSSR count). The van der Waals surface area contributed by atoms with E-state index in [4.69, 9.17) is 0 Å². The highest BCUT2D eigenvalue weighted by molar-refractivity contribution is 8.05. The fraction of sp³-hybridized carbons (Fsp3) is 0.600. The molecule has 1 amide bonds. The van der Waals surface area contributed by atoms with Crippen molar-refractivity contribution in [3.63, 3.8) is 0 Å². The summed E-state index contributed by atoms with van der Waals surface area (Å²) >= 11 is 3.08. The van der Waals surface area contributed by atoms with E-state index < -0.39 is 16.8 Å². The summed E-state index contributed by atoms with van der Waals surface area (Å²) in [6.45, 7) is 9.77. The van der Waals surface area contributed by atoms with E-state index in [0.29, 0.717) is 4.91 Å². The van der Waals surface area contributed by atoms with Crippen LogP contribution >= 0.6 is 23.5 Å². The lowest BCUT2D eigenvalue weighted by Crippen LogP contribution is -2.48. The fourth-order valence-electron chi connectivity index (χ4n) is 2.78. The molecule has 6 heteroatoms. The molecule has 1 N–H and O–H groups in total. The summed E-state index contributed by atoms with van der Waals surface area (Å²) in [4.78, 5) is 26.6. The number of carbonyl (C=O) groups excluding carboxylic acids is 1. The molecule has 1 fully saturated rings. The lowest BCUT2D eigenvalue weighted by molar-refractivity contribution is -0.148. The van der Waals surface area contributed by atoms with Crippen molar-refractivity contribution in [1.82, 2.24) is 4.90 Å². The Kier molecular flexibility index (Phi) is 4.49. The standard InChI is InChI=1S/C15H21NO3S2/c1-6-7-9-10(20-8(2)3)12(17)16-11(14(18)19)15(4,5)21-13(9)16/h6-8,11,13H,1-5H3,(H,18,19)/b7-6+/t11-,13+/m0/s1. The second-order valence-corrected chi connectivity index (χ2v) is 9.30. The molecular formula is C15H21NO3S2. The van der Waals surface area contributed by atoms with Crippen molar-refractivity contribution in [2.24, 2.45) is 0 Å². The maximum Gasteiger partial charge on any atom is 0.327 e. The quantitative estimate of drug-likeness (QED) is 0.860. The monoisotopic (exact) mass is 327 g/mol. The lowest BCUT2D eigenvalue weighted by atomic mass is 10.0. The normalized spacial score (nSPS) is 28.1. The number of carboxylic acid groups (broad SMARTS) is 1. The topological polar surface area (TPSA) is 57.6 Å². The van der Waals surface area contributed by atoms with Gasteiger partial charge in [-0.05, 0) is 20.8 Å². The molecule has 0 radical (unpaired) electrons. The molecule has 0 aliphatic carbocycles. The van der Waals surface area contributed by atoms with Crippen molar-refractivity contribution in [1.29, 1.82) is 0 Å². The first-order valence-electron chi connectivity index (χ1n) is 6.97. The Hall–Kier alpha value is -0.880. The van der Waals surface area contributed by atoms with Crippen LogP contribution in [0.25, 0.3) is 0 Å². The van der Waals surface area contributed by atoms with Crippen LogP contribution in [-0.4, -0.2) is 43.3 Å². The predicted molar refractivity (Wildman–Crippen MR) is 88.3 cm³/mol. The van der Waals surface area contributed by atoms with Crippen LogP contribution in [0.3, 0.4) is 0 Å². The Morgan fingerprint density at radius 1 is 1.48 bits per heavy atom. The number of fused-ring (bicyclic) bond motifs is 1. The number of hydrogen-bond donors (Lipinski definition) is 1. The Balaban J connectivity index is 2.48. The van der Waals surface area contributed by atoms with Crippen molar-refractivity contribution >= 4 is 35.4 Å². The van der Waals surface area contributed by atoms with Crippen molar-refractivity contribution in [2.45, 2.75) is 56.0 Å². The number of allylic oxidation sites excluding steroid dienone is 1. The third-order valence-corrected chi connectivity index (χ3v) is 6.15. The Labute approximate surface area is 134 Å². The van der Waals surface area contributed by atoms with Gasteiger partial charge >= 0.3 is 5.97 Å². The molecule has 0 aromatic carbocycles. The zero-order valence-corrected chi connectivity index (χ0v) is 14.5. The smallest absolute Gasteiger partial charge is 0.327 e. The van der Waals surface area contributed by atoms with E-state index in [-0.39, 0.29) is 16.5 Å². The molecule has 4 nitrogen and oxygen atoms in total. The van der Waals surface area contributed by atoms with Gasteiger partial charge in [0.15, 0.2) is 0 Å². The molecule has 116 valence electrons. The van der Waals surface area contributed by atoms with Gasteiger partial charge in [-0.15, -0.1) is 23.5 Å². The van der Waals surface area contributed by atoms with E-state index in [1.165, 1.54) is 11.8 Å². The molecule has 2 aliphatic heterocycles. The summed E-state index contributed by atoms with van der Waals surface area (Å²) in [6.07, 6.45) is 3.86. The maximum atomic E-state index is 12.7. The number of hydrogen-bond acceptors (Lipinski definition) is 4. The summed E-state index contributed by atoms with van der Waals surface area (Å²) < 4.78 is -0.493. The highest BCUT2D eigenvalue weighted by Crippen LogP contribution is 2.53. The molecular weight excluding hydrogens is 306 g/mol. The number of amides is 1. The lowest BCUT2D eigenvalue weighted by Gasteiger charge is -2.27. The van der Waals surface area contributed by atoms with Crippen LogP contribution in [0.15, 0.2) is 22.6 Å². The third-order valence-electron chi connectivity index (χ3n) is 3.50. The van der Waals surface area contributed by atoms with Gasteiger partial charge in [0.2, 0.25) is 0 Å². The van der Waals surface area contributed by atoms with Crippen molar-refractivity contribution < 1.29 is 14.7 Å². The molecule has 2 heterocycles. The minimum absolute atomic E-state index is 0.141. The van der Waals surface area contributed by atoms with Gasteiger partial charge in [0.25, 0.3) is 5.91 Å². The van der Waals surface area contributed by atoms with Gasteiger partial charge in [-0.3, -0.25) is 4.79 Å². The highest BCUT2D eigenvalue weighted by atomic mass is 32.2. The second-order valence-electron chi connectivity index (χ2n) is 5.98. The molecule has 21 heavy (non-hydrogen) atoms. The van der Waals surface area contributed by atoms with E-state index in [9.17, 15) is 14.7 Å². The van der Waals surface area contributed by atoms with Crippen LogP contribution in [0, 0.1) is 0 Å². The number of nitrogens with zero attached hydrogens (tertiary/aromatic N) is 1. The van der Waals surface area contributed by atoms with Crippen LogP contribution < -0.4 is 0 Å².